The van der Waals surface area contributed by atoms with Crippen LogP contribution in [0.15, 0.2) is 78.9 Å². The van der Waals surface area contributed by atoms with Crippen LogP contribution in [0, 0.1) is 0 Å². The van der Waals surface area contributed by atoms with Crippen molar-refractivity contribution in [3.63, 3.8) is 0 Å². The molecule has 0 fully saturated rings. The Morgan fingerprint density at radius 1 is 0.871 bits per heavy atom. The van der Waals surface area contributed by atoms with E-state index in [9.17, 15) is 9.59 Å². The fourth-order valence-corrected chi connectivity index (χ4v) is 3.05. The van der Waals surface area contributed by atoms with Crippen molar-refractivity contribution < 1.29 is 19.1 Å². The second-order valence-corrected chi connectivity index (χ2v) is 7.01. The van der Waals surface area contributed by atoms with Gasteiger partial charge in [-0.3, -0.25) is 9.59 Å². The van der Waals surface area contributed by atoms with E-state index in [0.29, 0.717) is 42.3 Å². The lowest BCUT2D eigenvalue weighted by Gasteiger charge is -2.19. The minimum absolute atomic E-state index is 0.165. The van der Waals surface area contributed by atoms with Crippen molar-refractivity contribution >= 4 is 17.5 Å². The molecule has 6 nitrogen and oxygen atoms in total. The van der Waals surface area contributed by atoms with Crippen molar-refractivity contribution in [1.82, 2.24) is 4.90 Å². The summed E-state index contributed by atoms with van der Waals surface area (Å²) in [6.45, 7) is 1.41. The lowest BCUT2D eigenvalue weighted by molar-refractivity contribution is 0.0786. The zero-order chi connectivity index (χ0) is 22.1. The number of benzene rings is 3. The Morgan fingerprint density at radius 3 is 2.26 bits per heavy atom. The van der Waals surface area contributed by atoms with Gasteiger partial charge >= 0.3 is 0 Å². The van der Waals surface area contributed by atoms with Gasteiger partial charge in [0.15, 0.2) is 0 Å². The first-order chi connectivity index (χ1) is 15.1. The minimum atomic E-state index is -0.297. The van der Waals surface area contributed by atoms with E-state index in [4.69, 9.17) is 9.47 Å². The van der Waals surface area contributed by atoms with E-state index in [-0.39, 0.29) is 11.8 Å². The molecule has 6 heteroatoms. The van der Waals surface area contributed by atoms with Crippen molar-refractivity contribution in [2.75, 3.05) is 32.7 Å². The second-order valence-electron chi connectivity index (χ2n) is 7.01. The van der Waals surface area contributed by atoms with E-state index in [1.165, 1.54) is 0 Å². The van der Waals surface area contributed by atoms with Gasteiger partial charge in [-0.1, -0.05) is 42.5 Å². The first kappa shape index (κ1) is 22.1. The fraction of sp³-hybridized carbons (Fsp3) is 0.200. The van der Waals surface area contributed by atoms with Gasteiger partial charge in [0.25, 0.3) is 11.8 Å². The average molecular weight is 418 g/mol. The third-order valence-electron chi connectivity index (χ3n) is 4.69. The van der Waals surface area contributed by atoms with Crippen LogP contribution in [0.25, 0.3) is 0 Å². The highest BCUT2D eigenvalue weighted by molar-refractivity contribution is 6.09. The zero-order valence-corrected chi connectivity index (χ0v) is 17.7. The van der Waals surface area contributed by atoms with Gasteiger partial charge in [-0.2, -0.15) is 0 Å². The number of amides is 2. The maximum absolute atomic E-state index is 13.0. The van der Waals surface area contributed by atoms with Gasteiger partial charge in [0, 0.05) is 26.3 Å². The predicted molar refractivity (Wildman–Crippen MR) is 120 cm³/mol. The molecule has 0 heterocycles. The van der Waals surface area contributed by atoms with Crippen molar-refractivity contribution in [3.05, 3.63) is 95.6 Å². The van der Waals surface area contributed by atoms with Crippen LogP contribution in [-0.4, -0.2) is 44.1 Å². The number of methoxy groups -OCH3 is 1. The number of hydrogen-bond acceptors (Lipinski definition) is 4. The number of carbonyl (C=O) groups excluding carboxylic acids is 2. The van der Waals surface area contributed by atoms with E-state index in [1.807, 2.05) is 30.3 Å². The van der Waals surface area contributed by atoms with Gasteiger partial charge in [-0.25, -0.2) is 0 Å². The molecular formula is C25H26N2O4. The minimum Gasteiger partial charge on any atom is -0.491 e. The Labute approximate surface area is 182 Å². The SMILES string of the molecule is COCCOc1ccc(C(=O)Nc2ccccc2C(=O)N(C)Cc2ccccc2)cc1. The van der Waals surface area contributed by atoms with Crippen LogP contribution in [0.4, 0.5) is 5.69 Å². The molecule has 0 aliphatic rings. The fourth-order valence-electron chi connectivity index (χ4n) is 3.05. The summed E-state index contributed by atoms with van der Waals surface area (Å²) in [5, 5.41) is 2.85. The molecule has 0 unspecified atom stereocenters. The molecule has 0 saturated heterocycles. The van der Waals surface area contributed by atoms with Crippen LogP contribution in [0.5, 0.6) is 5.75 Å². The molecule has 3 aromatic carbocycles. The second kappa shape index (κ2) is 10.9. The highest BCUT2D eigenvalue weighted by Gasteiger charge is 2.17. The highest BCUT2D eigenvalue weighted by atomic mass is 16.5. The summed E-state index contributed by atoms with van der Waals surface area (Å²) in [6.07, 6.45) is 0. The summed E-state index contributed by atoms with van der Waals surface area (Å²) >= 11 is 0. The number of ether oxygens (including phenoxy) is 2. The van der Waals surface area contributed by atoms with Crippen molar-refractivity contribution in [1.29, 1.82) is 0 Å². The van der Waals surface area contributed by atoms with Gasteiger partial charge in [-0.15, -0.1) is 0 Å². The van der Waals surface area contributed by atoms with Gasteiger partial charge < -0.3 is 19.7 Å². The first-order valence-corrected chi connectivity index (χ1v) is 10.00. The molecule has 2 amide bonds. The van der Waals surface area contributed by atoms with Gasteiger partial charge in [0.1, 0.15) is 12.4 Å². The molecule has 3 aromatic rings. The molecule has 0 radical (unpaired) electrons. The number of rotatable bonds is 9. The van der Waals surface area contributed by atoms with E-state index < -0.39 is 0 Å². The third kappa shape index (κ3) is 6.17. The Bertz CT molecular complexity index is 1000. The Morgan fingerprint density at radius 2 is 1.55 bits per heavy atom. The maximum atomic E-state index is 13.0. The van der Waals surface area contributed by atoms with E-state index in [2.05, 4.69) is 5.32 Å². The Balaban J connectivity index is 1.68. The molecule has 0 saturated carbocycles. The van der Waals surface area contributed by atoms with Crippen LogP contribution < -0.4 is 10.1 Å². The zero-order valence-electron chi connectivity index (χ0n) is 17.7. The summed E-state index contributed by atoms with van der Waals surface area (Å²) in [6, 6.07) is 23.6. The number of para-hydroxylation sites is 1. The lowest BCUT2D eigenvalue weighted by Crippen LogP contribution is -2.27. The monoisotopic (exact) mass is 418 g/mol. The van der Waals surface area contributed by atoms with E-state index in [1.54, 1.807) is 67.6 Å². The first-order valence-electron chi connectivity index (χ1n) is 10.00. The van der Waals surface area contributed by atoms with Crippen molar-refractivity contribution in [2.24, 2.45) is 0 Å². The highest BCUT2D eigenvalue weighted by Crippen LogP contribution is 2.20. The molecule has 0 atom stereocenters. The number of nitrogens with one attached hydrogen (secondary N) is 1. The summed E-state index contributed by atoms with van der Waals surface area (Å²) in [7, 11) is 3.36. The molecule has 0 aliphatic carbocycles. The van der Waals surface area contributed by atoms with Crippen molar-refractivity contribution in [2.45, 2.75) is 6.54 Å². The molecule has 0 spiro atoms. The normalized spacial score (nSPS) is 10.4. The van der Waals surface area contributed by atoms with E-state index in [0.717, 1.165) is 5.56 Å². The molecule has 0 bridgehead atoms. The Kier molecular flexibility index (Phi) is 7.79. The predicted octanol–water partition coefficient (Wildman–Crippen LogP) is 4.24. The van der Waals surface area contributed by atoms with Crippen LogP contribution in [0.3, 0.4) is 0 Å². The average Bonchev–Trinajstić information content (AvgIpc) is 2.80. The number of hydrogen-bond donors (Lipinski definition) is 1. The molecule has 31 heavy (non-hydrogen) atoms. The van der Waals surface area contributed by atoms with Gasteiger partial charge in [0.05, 0.1) is 17.9 Å². The maximum Gasteiger partial charge on any atom is 0.256 e. The Hall–Kier alpha value is -3.64. The summed E-state index contributed by atoms with van der Waals surface area (Å²) in [5.41, 5.74) is 2.42. The quantitative estimate of drug-likeness (QED) is 0.528. The van der Waals surface area contributed by atoms with Gasteiger partial charge in [0.2, 0.25) is 0 Å². The molecule has 1 N–H and O–H groups in total. The molecule has 160 valence electrons. The lowest BCUT2D eigenvalue weighted by atomic mass is 10.1. The standard InChI is InChI=1S/C25H26N2O4/c1-27(18-19-8-4-3-5-9-19)25(29)22-10-6-7-11-23(22)26-24(28)20-12-14-21(15-13-20)31-17-16-30-2/h3-15H,16-18H2,1-2H3,(H,26,28). The third-order valence-corrected chi connectivity index (χ3v) is 4.69. The topological polar surface area (TPSA) is 67.9 Å². The molecule has 0 aliphatic heterocycles. The smallest absolute Gasteiger partial charge is 0.256 e. The van der Waals surface area contributed by atoms with Crippen LogP contribution in [0.2, 0.25) is 0 Å². The molecular weight excluding hydrogens is 392 g/mol. The number of anilines is 1. The molecule has 3 rings (SSSR count). The molecule has 0 aromatic heterocycles. The summed E-state index contributed by atoms with van der Waals surface area (Å²) in [4.78, 5) is 27.4. The van der Waals surface area contributed by atoms with Crippen LogP contribution in [-0.2, 0) is 11.3 Å². The van der Waals surface area contributed by atoms with Crippen LogP contribution in [0.1, 0.15) is 26.3 Å². The van der Waals surface area contributed by atoms with Gasteiger partial charge in [-0.05, 0) is 42.0 Å². The largest absolute Gasteiger partial charge is 0.491 e. The van der Waals surface area contributed by atoms with E-state index >= 15 is 0 Å². The number of nitrogens with zero attached hydrogens (tertiary/aromatic N) is 1. The number of carbonyl (C=O) groups is 2. The summed E-state index contributed by atoms with van der Waals surface area (Å²) < 4.78 is 10.5. The van der Waals surface area contributed by atoms with Crippen LogP contribution >= 0.6 is 0 Å². The summed E-state index contributed by atoms with van der Waals surface area (Å²) in [5.74, 6) is 0.197. The van der Waals surface area contributed by atoms with Crippen molar-refractivity contribution in [3.8, 4) is 5.75 Å².